The van der Waals surface area contributed by atoms with Crippen molar-refractivity contribution >= 4 is 5.91 Å². The molecule has 0 aromatic heterocycles. The topological polar surface area (TPSA) is 46.3 Å². The Bertz CT molecular complexity index is 421. The Hall–Kier alpha value is -1.49. The molecule has 0 saturated heterocycles. The van der Waals surface area contributed by atoms with Gasteiger partial charge in [-0.15, -0.1) is 0 Å². The Kier molecular flexibility index (Phi) is 5.22. The third-order valence-electron chi connectivity index (χ3n) is 2.67. The van der Waals surface area contributed by atoms with Crippen LogP contribution in [0, 0.1) is 13.8 Å². The molecule has 18 heavy (non-hydrogen) atoms. The monoisotopic (exact) mass is 256 g/mol. The molecule has 0 saturated carbocycles. The molecule has 2 N–H and O–H groups in total. The molecule has 0 unspecified atom stereocenters. The Morgan fingerprint density at radius 2 is 2.06 bits per heavy atom. The Morgan fingerprint density at radius 3 is 2.61 bits per heavy atom. The number of benzene rings is 1. The maximum atomic E-state index is 12.4. The highest BCUT2D eigenvalue weighted by molar-refractivity contribution is 5.95. The standard InChI is InChI=1S/C13H18F2N2O/c1-9-3-4-10(2)11(7-9)13(18)17(6-5-16)8-12(14)15/h3-4,7,12H,5-6,8,16H2,1-2H3. The molecule has 1 aromatic carbocycles. The Morgan fingerprint density at radius 1 is 1.39 bits per heavy atom. The second-order valence-corrected chi connectivity index (χ2v) is 4.25. The Balaban J connectivity index is 2.97. The summed E-state index contributed by atoms with van der Waals surface area (Å²) in [4.78, 5) is 13.3. The van der Waals surface area contributed by atoms with Crippen molar-refractivity contribution in [2.45, 2.75) is 20.3 Å². The van der Waals surface area contributed by atoms with E-state index < -0.39 is 13.0 Å². The van der Waals surface area contributed by atoms with E-state index >= 15 is 0 Å². The van der Waals surface area contributed by atoms with Crippen LogP contribution in [0.25, 0.3) is 0 Å². The molecule has 0 heterocycles. The molecule has 0 fully saturated rings. The van der Waals surface area contributed by atoms with Crippen LogP contribution in [0.1, 0.15) is 21.5 Å². The van der Waals surface area contributed by atoms with Crippen molar-refractivity contribution in [2.75, 3.05) is 19.6 Å². The van der Waals surface area contributed by atoms with Gasteiger partial charge in [0.1, 0.15) is 0 Å². The number of hydrogen-bond acceptors (Lipinski definition) is 2. The molecule has 0 aliphatic carbocycles. The second-order valence-electron chi connectivity index (χ2n) is 4.25. The SMILES string of the molecule is Cc1ccc(C)c(C(=O)N(CCN)CC(F)F)c1. The van der Waals surface area contributed by atoms with Crippen molar-refractivity contribution in [1.29, 1.82) is 0 Å². The summed E-state index contributed by atoms with van der Waals surface area (Å²) >= 11 is 0. The Labute approximate surface area is 106 Å². The van der Waals surface area contributed by atoms with E-state index in [4.69, 9.17) is 5.73 Å². The predicted molar refractivity (Wildman–Crippen MR) is 66.9 cm³/mol. The van der Waals surface area contributed by atoms with Gasteiger partial charge in [0, 0.05) is 18.7 Å². The summed E-state index contributed by atoms with van der Waals surface area (Å²) in [5.74, 6) is -0.387. The van der Waals surface area contributed by atoms with Gasteiger partial charge in [0.25, 0.3) is 12.3 Å². The molecule has 0 radical (unpaired) electrons. The minimum Gasteiger partial charge on any atom is -0.332 e. The van der Waals surface area contributed by atoms with Gasteiger partial charge < -0.3 is 10.6 Å². The maximum Gasteiger partial charge on any atom is 0.255 e. The number of alkyl halides is 2. The smallest absolute Gasteiger partial charge is 0.255 e. The predicted octanol–water partition coefficient (Wildman–Crippen LogP) is 1.97. The number of rotatable bonds is 5. The van der Waals surface area contributed by atoms with Gasteiger partial charge in [-0.25, -0.2) is 8.78 Å². The number of nitrogens with two attached hydrogens (primary N) is 1. The zero-order valence-corrected chi connectivity index (χ0v) is 10.6. The highest BCUT2D eigenvalue weighted by Gasteiger charge is 2.20. The molecule has 5 heteroatoms. The van der Waals surface area contributed by atoms with Crippen LogP contribution < -0.4 is 5.73 Å². The first-order valence-corrected chi connectivity index (χ1v) is 5.80. The van der Waals surface area contributed by atoms with E-state index in [0.717, 1.165) is 16.0 Å². The minimum atomic E-state index is -2.55. The van der Waals surface area contributed by atoms with Crippen LogP contribution in [-0.4, -0.2) is 36.9 Å². The van der Waals surface area contributed by atoms with Crippen LogP contribution in [0.3, 0.4) is 0 Å². The van der Waals surface area contributed by atoms with Crippen molar-refractivity contribution in [1.82, 2.24) is 4.90 Å². The summed E-state index contributed by atoms with van der Waals surface area (Å²) in [6.07, 6.45) is -2.55. The van der Waals surface area contributed by atoms with Gasteiger partial charge in [0.2, 0.25) is 0 Å². The van der Waals surface area contributed by atoms with E-state index in [1.807, 2.05) is 19.1 Å². The van der Waals surface area contributed by atoms with Gasteiger partial charge in [0.05, 0.1) is 6.54 Å². The molecule has 0 spiro atoms. The summed E-state index contributed by atoms with van der Waals surface area (Å²) in [5.41, 5.74) is 7.52. The number of nitrogens with zero attached hydrogens (tertiary/aromatic N) is 1. The minimum absolute atomic E-state index is 0.135. The van der Waals surface area contributed by atoms with Crippen molar-refractivity contribution in [2.24, 2.45) is 5.73 Å². The molecule has 0 aliphatic heterocycles. The summed E-state index contributed by atoms with van der Waals surface area (Å²) in [6.45, 7) is 3.37. The zero-order valence-electron chi connectivity index (χ0n) is 10.6. The number of aryl methyl sites for hydroxylation is 2. The third kappa shape index (κ3) is 3.77. The molecule has 1 rings (SSSR count). The van der Waals surface area contributed by atoms with E-state index in [9.17, 15) is 13.6 Å². The molecule has 0 bridgehead atoms. The lowest BCUT2D eigenvalue weighted by Crippen LogP contribution is -2.39. The van der Waals surface area contributed by atoms with E-state index in [1.54, 1.807) is 13.0 Å². The maximum absolute atomic E-state index is 12.4. The average molecular weight is 256 g/mol. The summed E-state index contributed by atoms with van der Waals surface area (Å²) < 4.78 is 24.9. The summed E-state index contributed by atoms with van der Waals surface area (Å²) in [5, 5.41) is 0. The molecular weight excluding hydrogens is 238 g/mol. The van der Waals surface area contributed by atoms with E-state index in [-0.39, 0.29) is 19.0 Å². The highest BCUT2D eigenvalue weighted by Crippen LogP contribution is 2.14. The number of hydrogen-bond donors (Lipinski definition) is 1. The largest absolute Gasteiger partial charge is 0.332 e. The zero-order chi connectivity index (χ0) is 13.7. The summed E-state index contributed by atoms with van der Waals surface area (Å²) in [7, 11) is 0. The lowest BCUT2D eigenvalue weighted by molar-refractivity contribution is 0.0562. The van der Waals surface area contributed by atoms with Gasteiger partial charge in [-0.2, -0.15) is 0 Å². The fourth-order valence-electron chi connectivity index (χ4n) is 1.73. The van der Waals surface area contributed by atoms with E-state index in [0.29, 0.717) is 5.56 Å². The van der Waals surface area contributed by atoms with Crippen LogP contribution in [0.4, 0.5) is 8.78 Å². The average Bonchev–Trinajstić information content (AvgIpc) is 2.30. The van der Waals surface area contributed by atoms with Gasteiger partial charge in [-0.1, -0.05) is 17.7 Å². The molecule has 0 atom stereocenters. The van der Waals surface area contributed by atoms with Crippen molar-refractivity contribution in [3.05, 3.63) is 34.9 Å². The van der Waals surface area contributed by atoms with Crippen LogP contribution in [0.15, 0.2) is 18.2 Å². The molecule has 1 aromatic rings. The van der Waals surface area contributed by atoms with Crippen LogP contribution in [0.5, 0.6) is 0 Å². The first-order chi connectivity index (χ1) is 8.45. The first kappa shape index (κ1) is 14.6. The molecule has 1 amide bonds. The fourth-order valence-corrected chi connectivity index (χ4v) is 1.73. The van der Waals surface area contributed by atoms with Crippen LogP contribution >= 0.6 is 0 Å². The van der Waals surface area contributed by atoms with Crippen molar-refractivity contribution < 1.29 is 13.6 Å². The lowest BCUT2D eigenvalue weighted by Gasteiger charge is -2.22. The lowest BCUT2D eigenvalue weighted by atomic mass is 10.0. The number of carbonyl (C=O) groups excluding carboxylic acids is 1. The van der Waals surface area contributed by atoms with Gasteiger partial charge in [-0.05, 0) is 25.5 Å². The van der Waals surface area contributed by atoms with Crippen LogP contribution in [0.2, 0.25) is 0 Å². The van der Waals surface area contributed by atoms with Gasteiger partial charge in [0.15, 0.2) is 0 Å². The molecule has 3 nitrogen and oxygen atoms in total. The van der Waals surface area contributed by atoms with Gasteiger partial charge >= 0.3 is 0 Å². The number of carbonyl (C=O) groups is 1. The van der Waals surface area contributed by atoms with E-state index in [2.05, 4.69) is 0 Å². The first-order valence-electron chi connectivity index (χ1n) is 5.80. The highest BCUT2D eigenvalue weighted by atomic mass is 19.3. The van der Waals surface area contributed by atoms with Gasteiger partial charge in [-0.3, -0.25) is 4.79 Å². The van der Waals surface area contributed by atoms with Crippen molar-refractivity contribution in [3.8, 4) is 0 Å². The van der Waals surface area contributed by atoms with E-state index in [1.165, 1.54) is 0 Å². The second kappa shape index (κ2) is 6.44. The molecular formula is C13H18F2N2O. The van der Waals surface area contributed by atoms with Crippen molar-refractivity contribution in [3.63, 3.8) is 0 Å². The molecule has 0 aliphatic rings. The quantitative estimate of drug-likeness (QED) is 0.875. The fraction of sp³-hybridized carbons (Fsp3) is 0.462. The third-order valence-corrected chi connectivity index (χ3v) is 2.67. The summed E-state index contributed by atoms with van der Waals surface area (Å²) in [6, 6.07) is 5.41. The van der Waals surface area contributed by atoms with Crippen LogP contribution in [-0.2, 0) is 0 Å². The molecule has 100 valence electrons. The number of halogens is 2. The number of amides is 1. The normalized spacial score (nSPS) is 10.8.